The maximum Gasteiger partial charge on any atom is 0.411 e. The van der Waals surface area contributed by atoms with Gasteiger partial charge >= 0.3 is 6.09 Å². The molecule has 0 radical (unpaired) electrons. The zero-order valence-electron chi connectivity index (χ0n) is 20.8. The number of amides is 1. The third-order valence-electron chi connectivity index (χ3n) is 6.91. The van der Waals surface area contributed by atoms with Crippen LogP contribution in [0.15, 0.2) is 48.5 Å². The summed E-state index contributed by atoms with van der Waals surface area (Å²) in [6.07, 6.45) is 3.16. The molecule has 1 N–H and O–H groups in total. The van der Waals surface area contributed by atoms with Crippen LogP contribution < -0.4 is 4.74 Å². The van der Waals surface area contributed by atoms with Crippen molar-refractivity contribution in [1.29, 1.82) is 10.5 Å². The molecular weight excluding hydrogens is 456 g/mol. The SMILES string of the molecule is CC(C)(C#N)OC(=O)N1CC2CCC(C1)N2CCCC(Oc1ccc(O)cc1)c1ccc(C#N)cc1. The quantitative estimate of drug-likeness (QED) is 0.571. The van der Waals surface area contributed by atoms with Crippen molar-refractivity contribution in [3.05, 3.63) is 59.7 Å². The summed E-state index contributed by atoms with van der Waals surface area (Å²) in [6.45, 7) is 5.31. The molecule has 0 aliphatic carbocycles. The van der Waals surface area contributed by atoms with Crippen LogP contribution in [0.5, 0.6) is 11.5 Å². The molecule has 2 aliphatic heterocycles. The van der Waals surface area contributed by atoms with Gasteiger partial charge in [0.1, 0.15) is 23.7 Å². The third-order valence-corrected chi connectivity index (χ3v) is 6.91. The first-order valence-corrected chi connectivity index (χ1v) is 12.4. The van der Waals surface area contributed by atoms with Crippen LogP contribution in [0, 0.1) is 22.7 Å². The van der Waals surface area contributed by atoms with Gasteiger partial charge in [-0.25, -0.2) is 4.79 Å². The lowest BCUT2D eigenvalue weighted by Gasteiger charge is -2.41. The van der Waals surface area contributed by atoms with E-state index in [1.165, 1.54) is 0 Å². The first-order chi connectivity index (χ1) is 17.3. The Kier molecular flexibility index (Phi) is 7.67. The molecule has 2 saturated heterocycles. The Bertz CT molecular complexity index is 1120. The number of carbonyl (C=O) groups is 1. The van der Waals surface area contributed by atoms with Crippen LogP contribution in [0.4, 0.5) is 4.79 Å². The number of nitriles is 2. The molecule has 8 heteroatoms. The molecule has 3 atom stereocenters. The number of rotatable bonds is 8. The summed E-state index contributed by atoms with van der Waals surface area (Å²) in [5.74, 6) is 0.863. The fourth-order valence-corrected chi connectivity index (χ4v) is 5.02. The zero-order valence-corrected chi connectivity index (χ0v) is 20.8. The minimum atomic E-state index is -1.13. The van der Waals surface area contributed by atoms with Crippen LogP contribution >= 0.6 is 0 Å². The number of aromatic hydroxyl groups is 1. The Hall–Kier alpha value is -3.75. The number of piperazine rings is 1. The lowest BCUT2D eigenvalue weighted by molar-refractivity contribution is 0.0138. The molecule has 2 heterocycles. The van der Waals surface area contributed by atoms with Crippen molar-refractivity contribution < 1.29 is 19.4 Å². The second-order valence-corrected chi connectivity index (χ2v) is 9.99. The summed E-state index contributed by atoms with van der Waals surface area (Å²) < 4.78 is 11.7. The van der Waals surface area contributed by atoms with Crippen molar-refractivity contribution in [1.82, 2.24) is 9.80 Å². The second kappa shape index (κ2) is 10.9. The average molecular weight is 489 g/mol. The first-order valence-electron chi connectivity index (χ1n) is 12.4. The minimum absolute atomic E-state index is 0.187. The summed E-state index contributed by atoms with van der Waals surface area (Å²) in [6, 6.07) is 18.9. The number of ether oxygens (including phenoxy) is 2. The average Bonchev–Trinajstić information content (AvgIpc) is 3.10. The number of carbonyl (C=O) groups excluding carboxylic acids is 1. The minimum Gasteiger partial charge on any atom is -0.508 e. The van der Waals surface area contributed by atoms with E-state index in [-0.39, 0.29) is 23.9 Å². The number of hydrogen-bond acceptors (Lipinski definition) is 7. The molecule has 2 bridgehead atoms. The van der Waals surface area contributed by atoms with Crippen molar-refractivity contribution in [2.75, 3.05) is 19.6 Å². The van der Waals surface area contributed by atoms with Crippen molar-refractivity contribution in [2.24, 2.45) is 0 Å². The Balaban J connectivity index is 1.37. The summed E-state index contributed by atoms with van der Waals surface area (Å²) >= 11 is 0. The molecule has 8 nitrogen and oxygen atoms in total. The van der Waals surface area contributed by atoms with Crippen LogP contribution in [0.1, 0.15) is 56.8 Å². The van der Waals surface area contributed by atoms with Gasteiger partial charge in [0.05, 0.1) is 11.6 Å². The van der Waals surface area contributed by atoms with Gasteiger partial charge in [0.2, 0.25) is 0 Å². The van der Waals surface area contributed by atoms with Gasteiger partial charge in [0.25, 0.3) is 0 Å². The summed E-state index contributed by atoms with van der Waals surface area (Å²) in [4.78, 5) is 16.8. The highest BCUT2D eigenvalue weighted by atomic mass is 16.6. The summed E-state index contributed by atoms with van der Waals surface area (Å²) in [7, 11) is 0. The summed E-state index contributed by atoms with van der Waals surface area (Å²) in [5, 5.41) is 27.9. The van der Waals surface area contributed by atoms with E-state index in [1.807, 2.05) is 18.2 Å². The van der Waals surface area contributed by atoms with Gasteiger partial charge in [-0.05, 0) is 88.0 Å². The molecule has 4 rings (SSSR count). The molecule has 1 amide bonds. The van der Waals surface area contributed by atoms with Crippen molar-refractivity contribution in [3.8, 4) is 23.6 Å². The number of fused-ring (bicyclic) bond motifs is 2. The van der Waals surface area contributed by atoms with Gasteiger partial charge < -0.3 is 19.5 Å². The maximum absolute atomic E-state index is 12.6. The van der Waals surface area contributed by atoms with Gasteiger partial charge in [0, 0.05) is 25.2 Å². The molecule has 0 saturated carbocycles. The fourth-order valence-electron chi connectivity index (χ4n) is 5.02. The largest absolute Gasteiger partial charge is 0.508 e. The predicted octanol–water partition coefficient (Wildman–Crippen LogP) is 4.75. The van der Waals surface area contributed by atoms with Gasteiger partial charge in [-0.3, -0.25) is 4.90 Å². The standard InChI is InChI=1S/C28H32N4O4/c1-28(2,19-30)36-27(34)31-17-22-9-10-23(18-31)32(22)15-3-4-26(21-7-5-20(16-29)6-8-21)35-25-13-11-24(33)12-14-25/h5-8,11-14,22-23,26,33H,3-4,9-10,15,17-18H2,1-2H3. The number of phenolic OH excluding ortho intramolecular Hbond substituents is 1. The topological polar surface area (TPSA) is 110 Å². The van der Waals surface area contributed by atoms with Crippen LogP contribution in [0.3, 0.4) is 0 Å². The van der Waals surface area contributed by atoms with E-state index in [1.54, 1.807) is 55.1 Å². The summed E-state index contributed by atoms with van der Waals surface area (Å²) in [5.41, 5.74) is 0.469. The van der Waals surface area contributed by atoms with E-state index in [0.717, 1.165) is 37.8 Å². The molecule has 3 unspecified atom stereocenters. The number of nitrogens with zero attached hydrogens (tertiary/aromatic N) is 4. The molecule has 36 heavy (non-hydrogen) atoms. The fraction of sp³-hybridized carbons (Fsp3) is 0.464. The number of benzene rings is 2. The van der Waals surface area contributed by atoms with Crippen LogP contribution in [-0.2, 0) is 4.74 Å². The van der Waals surface area contributed by atoms with Gasteiger partial charge in [0.15, 0.2) is 5.60 Å². The monoisotopic (exact) mass is 488 g/mol. The van der Waals surface area contributed by atoms with E-state index in [9.17, 15) is 9.90 Å². The second-order valence-electron chi connectivity index (χ2n) is 9.99. The van der Waals surface area contributed by atoms with E-state index in [4.69, 9.17) is 20.0 Å². The van der Waals surface area contributed by atoms with E-state index in [2.05, 4.69) is 11.0 Å². The van der Waals surface area contributed by atoms with Gasteiger partial charge in [-0.15, -0.1) is 0 Å². The molecule has 2 aromatic rings. The van der Waals surface area contributed by atoms with E-state index < -0.39 is 11.7 Å². The highest BCUT2D eigenvalue weighted by molar-refractivity contribution is 5.69. The molecular formula is C28H32N4O4. The Morgan fingerprint density at radius 2 is 1.72 bits per heavy atom. The van der Waals surface area contributed by atoms with E-state index in [0.29, 0.717) is 24.4 Å². The van der Waals surface area contributed by atoms with Crippen LogP contribution in [0.2, 0.25) is 0 Å². The van der Waals surface area contributed by atoms with E-state index >= 15 is 0 Å². The normalized spacial score (nSPS) is 20.3. The lowest BCUT2D eigenvalue weighted by atomic mass is 10.0. The Morgan fingerprint density at radius 3 is 2.31 bits per heavy atom. The molecule has 188 valence electrons. The highest BCUT2D eigenvalue weighted by Gasteiger charge is 2.42. The molecule has 0 aromatic heterocycles. The van der Waals surface area contributed by atoms with Gasteiger partial charge in [-0.2, -0.15) is 10.5 Å². The third kappa shape index (κ3) is 6.08. The molecule has 2 aliphatic rings. The molecule has 0 spiro atoms. The van der Waals surface area contributed by atoms with Gasteiger partial charge in [-0.1, -0.05) is 12.1 Å². The molecule has 2 fully saturated rings. The lowest BCUT2D eigenvalue weighted by Crippen LogP contribution is -2.56. The smallest absolute Gasteiger partial charge is 0.411 e. The Labute approximate surface area is 212 Å². The first kappa shape index (κ1) is 25.3. The zero-order chi connectivity index (χ0) is 25.7. The predicted molar refractivity (Wildman–Crippen MR) is 133 cm³/mol. The number of phenols is 1. The number of hydrogen-bond donors (Lipinski definition) is 1. The van der Waals surface area contributed by atoms with Crippen LogP contribution in [-0.4, -0.2) is 58.3 Å². The van der Waals surface area contributed by atoms with Crippen LogP contribution in [0.25, 0.3) is 0 Å². The van der Waals surface area contributed by atoms with Crippen molar-refractivity contribution in [2.45, 2.75) is 63.3 Å². The Morgan fingerprint density at radius 1 is 1.08 bits per heavy atom. The van der Waals surface area contributed by atoms with Crippen molar-refractivity contribution >= 4 is 6.09 Å². The number of likely N-dealkylation sites (tertiary alicyclic amines) is 1. The highest BCUT2D eigenvalue weighted by Crippen LogP contribution is 2.33. The van der Waals surface area contributed by atoms with Crippen molar-refractivity contribution in [3.63, 3.8) is 0 Å². The maximum atomic E-state index is 12.6. The molecule has 2 aromatic carbocycles.